The molecule has 1 heterocycles. The van der Waals surface area contributed by atoms with Crippen LogP contribution in [-0.2, 0) is 29.1 Å². The van der Waals surface area contributed by atoms with E-state index < -0.39 is 33.9 Å². The third kappa shape index (κ3) is 5.40. The molecule has 1 saturated heterocycles. The second kappa shape index (κ2) is 9.04. The van der Waals surface area contributed by atoms with Crippen LogP contribution in [0.15, 0.2) is 53.4 Å². The average Bonchev–Trinajstić information content (AvgIpc) is 3.09. The van der Waals surface area contributed by atoms with Crippen molar-refractivity contribution < 1.29 is 27.5 Å². The van der Waals surface area contributed by atoms with Gasteiger partial charge in [-0.3, -0.25) is 14.4 Å². The highest BCUT2D eigenvalue weighted by molar-refractivity contribution is 7.89. The molecular weight excluding hydrogens is 446 g/mol. The largest absolute Gasteiger partial charge is 0.452 e. The Morgan fingerprint density at radius 3 is 2.45 bits per heavy atom. The molecule has 3 rings (SSSR count). The number of carbonyl (C=O) groups excluding carboxylic acids is 3. The van der Waals surface area contributed by atoms with Crippen molar-refractivity contribution in [3.05, 3.63) is 53.6 Å². The van der Waals surface area contributed by atoms with Crippen molar-refractivity contribution in [3.63, 3.8) is 0 Å². The predicted octanol–water partition coefficient (Wildman–Crippen LogP) is 1.91. The summed E-state index contributed by atoms with van der Waals surface area (Å²) in [6, 6.07) is 12.0. The van der Waals surface area contributed by atoms with E-state index in [1.807, 2.05) is 0 Å². The van der Waals surface area contributed by atoms with Gasteiger partial charge in [-0.1, -0.05) is 23.7 Å². The van der Waals surface area contributed by atoms with Crippen LogP contribution in [-0.4, -0.2) is 38.9 Å². The van der Waals surface area contributed by atoms with E-state index in [1.165, 1.54) is 36.1 Å². The van der Waals surface area contributed by atoms with Gasteiger partial charge in [0.05, 0.1) is 21.5 Å². The Balaban J connectivity index is 1.58. The van der Waals surface area contributed by atoms with Gasteiger partial charge in [0.1, 0.15) is 0 Å². The van der Waals surface area contributed by atoms with E-state index in [0.717, 1.165) is 0 Å². The van der Waals surface area contributed by atoms with Crippen LogP contribution in [0.5, 0.6) is 0 Å². The first kappa shape index (κ1) is 22.7. The number of halogens is 1. The van der Waals surface area contributed by atoms with E-state index in [2.05, 4.69) is 5.32 Å². The van der Waals surface area contributed by atoms with E-state index in [1.54, 1.807) is 24.3 Å². The van der Waals surface area contributed by atoms with Crippen molar-refractivity contribution in [1.29, 1.82) is 0 Å². The van der Waals surface area contributed by atoms with Crippen molar-refractivity contribution in [2.24, 2.45) is 11.1 Å². The number of nitrogens with zero attached hydrogens (tertiary/aromatic N) is 1. The normalized spacial score (nSPS) is 17.3. The minimum atomic E-state index is -3.84. The summed E-state index contributed by atoms with van der Waals surface area (Å²) in [5, 5.41) is 7.94. The molecule has 0 aromatic heterocycles. The predicted molar refractivity (Wildman–Crippen MR) is 114 cm³/mol. The molecule has 1 aliphatic rings. The van der Waals surface area contributed by atoms with E-state index in [4.69, 9.17) is 21.5 Å². The van der Waals surface area contributed by atoms with Crippen molar-refractivity contribution in [2.45, 2.75) is 24.3 Å². The van der Waals surface area contributed by atoms with Gasteiger partial charge in [-0.15, -0.1) is 0 Å². The molecular formula is C20H20ClN3O6S. The van der Waals surface area contributed by atoms with E-state index in [9.17, 15) is 22.8 Å². The van der Waals surface area contributed by atoms with Crippen LogP contribution in [0.1, 0.15) is 13.3 Å². The van der Waals surface area contributed by atoms with E-state index >= 15 is 0 Å². The number of ether oxygens (including phenoxy) is 1. The van der Waals surface area contributed by atoms with Gasteiger partial charge in [-0.25, -0.2) is 13.6 Å². The number of primary sulfonamides is 1. The number of nitrogens with two attached hydrogens (primary N) is 1. The van der Waals surface area contributed by atoms with Gasteiger partial charge in [0.15, 0.2) is 6.10 Å². The zero-order chi connectivity index (χ0) is 22.8. The highest BCUT2D eigenvalue weighted by Crippen LogP contribution is 2.31. The molecule has 164 valence electrons. The number of sulfonamides is 1. The van der Waals surface area contributed by atoms with Crippen LogP contribution in [0, 0.1) is 5.92 Å². The summed E-state index contributed by atoms with van der Waals surface area (Å²) in [4.78, 5) is 38.4. The number of hydrogen-bond donors (Lipinski definition) is 2. The fraction of sp³-hybridized carbons (Fsp3) is 0.250. The highest BCUT2D eigenvalue weighted by atomic mass is 35.5. The Bertz CT molecular complexity index is 1120. The highest BCUT2D eigenvalue weighted by Gasteiger charge is 2.38. The number of benzene rings is 2. The first-order valence-electron chi connectivity index (χ1n) is 9.25. The molecule has 0 aliphatic carbocycles. The lowest BCUT2D eigenvalue weighted by atomic mass is 10.1. The molecule has 0 bridgehead atoms. The number of anilines is 2. The number of hydrogen-bond acceptors (Lipinski definition) is 6. The Labute approximate surface area is 184 Å². The van der Waals surface area contributed by atoms with Crippen molar-refractivity contribution in [2.75, 3.05) is 16.8 Å². The topological polar surface area (TPSA) is 136 Å². The number of rotatable bonds is 6. The summed E-state index contributed by atoms with van der Waals surface area (Å²) >= 11 is 6.13. The molecule has 0 saturated carbocycles. The summed E-state index contributed by atoms with van der Waals surface area (Å²) in [5.41, 5.74) is 0.819. The Hall–Kier alpha value is -2.95. The van der Waals surface area contributed by atoms with Gasteiger partial charge in [0, 0.05) is 18.7 Å². The molecule has 0 spiro atoms. The summed E-state index contributed by atoms with van der Waals surface area (Å²) in [7, 11) is -3.84. The second-order valence-electron chi connectivity index (χ2n) is 6.99. The Kier molecular flexibility index (Phi) is 6.63. The second-order valence-corrected chi connectivity index (χ2v) is 8.96. The average molecular weight is 466 g/mol. The van der Waals surface area contributed by atoms with Crippen LogP contribution in [0.4, 0.5) is 11.4 Å². The fourth-order valence-corrected chi connectivity index (χ4v) is 3.82. The first-order valence-corrected chi connectivity index (χ1v) is 11.2. The maximum Gasteiger partial charge on any atom is 0.312 e. The number of para-hydroxylation sites is 1. The van der Waals surface area contributed by atoms with Crippen molar-refractivity contribution in [1.82, 2.24) is 0 Å². The quantitative estimate of drug-likeness (QED) is 0.625. The monoisotopic (exact) mass is 465 g/mol. The molecule has 2 atom stereocenters. The maximum absolute atomic E-state index is 12.5. The van der Waals surface area contributed by atoms with Crippen LogP contribution < -0.4 is 15.4 Å². The molecule has 2 aromatic rings. The SMILES string of the molecule is C[C@H](OC(=O)[C@H]1CC(=O)N(c2ccccc2Cl)C1)C(=O)Nc1ccc(S(N)(=O)=O)cc1. The third-order valence-corrected chi connectivity index (χ3v) is 5.96. The molecule has 0 unspecified atom stereocenters. The fourth-order valence-electron chi connectivity index (χ4n) is 3.06. The summed E-state index contributed by atoms with van der Waals surface area (Å²) in [6.07, 6.45) is -1.18. The number of nitrogens with one attached hydrogen (secondary N) is 1. The van der Waals surface area contributed by atoms with Gasteiger partial charge in [0.25, 0.3) is 5.91 Å². The van der Waals surface area contributed by atoms with Crippen LogP contribution in [0.25, 0.3) is 0 Å². The first-order chi connectivity index (χ1) is 14.6. The van der Waals surface area contributed by atoms with Crippen LogP contribution in [0.2, 0.25) is 5.02 Å². The van der Waals surface area contributed by atoms with Crippen LogP contribution in [0.3, 0.4) is 0 Å². The minimum Gasteiger partial charge on any atom is -0.452 e. The van der Waals surface area contributed by atoms with E-state index in [-0.39, 0.29) is 23.8 Å². The summed E-state index contributed by atoms with van der Waals surface area (Å²) in [6.45, 7) is 1.50. The van der Waals surface area contributed by atoms with Gasteiger partial charge in [0.2, 0.25) is 15.9 Å². The zero-order valence-corrected chi connectivity index (χ0v) is 18.0. The zero-order valence-electron chi connectivity index (χ0n) is 16.4. The van der Waals surface area contributed by atoms with Crippen molar-refractivity contribution in [3.8, 4) is 0 Å². The molecule has 1 aliphatic heterocycles. The van der Waals surface area contributed by atoms with Gasteiger partial charge >= 0.3 is 5.97 Å². The molecule has 0 radical (unpaired) electrons. The molecule has 1 fully saturated rings. The number of carbonyl (C=O) groups is 3. The smallest absolute Gasteiger partial charge is 0.312 e. The molecule has 9 nitrogen and oxygen atoms in total. The summed E-state index contributed by atoms with van der Waals surface area (Å²) < 4.78 is 27.8. The lowest BCUT2D eigenvalue weighted by Crippen LogP contribution is -2.33. The summed E-state index contributed by atoms with van der Waals surface area (Å²) in [5.74, 6) is -2.27. The third-order valence-electron chi connectivity index (χ3n) is 4.71. The lowest BCUT2D eigenvalue weighted by Gasteiger charge is -2.19. The molecule has 31 heavy (non-hydrogen) atoms. The van der Waals surface area contributed by atoms with Gasteiger partial charge in [-0.05, 0) is 43.3 Å². The molecule has 11 heteroatoms. The van der Waals surface area contributed by atoms with Gasteiger partial charge < -0.3 is 15.0 Å². The van der Waals surface area contributed by atoms with E-state index in [0.29, 0.717) is 16.4 Å². The standard InChI is InChI=1S/C20H20ClN3O6S/c1-12(19(26)23-14-6-8-15(9-7-14)31(22,28)29)30-20(27)13-10-18(25)24(11-13)17-5-3-2-4-16(17)21/h2-9,12-13H,10-11H2,1H3,(H,23,26)(H2,22,28,29)/t12-,13-/m0/s1. The number of amides is 2. The number of esters is 1. The van der Waals surface area contributed by atoms with Crippen molar-refractivity contribution >= 4 is 50.8 Å². The lowest BCUT2D eigenvalue weighted by molar-refractivity contribution is -0.157. The Morgan fingerprint density at radius 2 is 1.84 bits per heavy atom. The maximum atomic E-state index is 12.5. The molecule has 2 aromatic carbocycles. The van der Waals surface area contributed by atoms with Gasteiger partial charge in [-0.2, -0.15) is 0 Å². The Morgan fingerprint density at radius 1 is 1.19 bits per heavy atom. The van der Waals surface area contributed by atoms with Crippen LogP contribution >= 0.6 is 11.6 Å². The molecule has 2 amide bonds. The minimum absolute atomic E-state index is 0.0482. The molecule has 3 N–H and O–H groups in total.